The van der Waals surface area contributed by atoms with E-state index >= 15 is 0 Å². The summed E-state index contributed by atoms with van der Waals surface area (Å²) in [6.45, 7) is 12.1. The van der Waals surface area contributed by atoms with Gasteiger partial charge in [0.15, 0.2) is 0 Å². The molecule has 0 rings (SSSR count). The Kier molecular flexibility index (Phi) is 4.98. The molecule has 1 amide bonds. The van der Waals surface area contributed by atoms with Crippen molar-refractivity contribution in [3.63, 3.8) is 0 Å². The van der Waals surface area contributed by atoms with Crippen LogP contribution in [0, 0.1) is 0 Å². The summed E-state index contributed by atoms with van der Waals surface area (Å²) in [6, 6.07) is -0.732. The van der Waals surface area contributed by atoms with E-state index in [1.54, 1.807) is 48.5 Å². The van der Waals surface area contributed by atoms with E-state index in [-0.39, 0.29) is 0 Å². The van der Waals surface area contributed by atoms with Crippen LogP contribution < -0.4 is 5.32 Å². The van der Waals surface area contributed by atoms with Gasteiger partial charge in [-0.25, -0.2) is 9.59 Å². The van der Waals surface area contributed by atoms with E-state index in [9.17, 15) is 9.59 Å². The monoisotopic (exact) mass is 245 g/mol. The highest BCUT2D eigenvalue weighted by molar-refractivity contribution is 5.81. The molecule has 5 nitrogen and oxygen atoms in total. The summed E-state index contributed by atoms with van der Waals surface area (Å²) < 4.78 is 10.2. The van der Waals surface area contributed by atoms with Crippen molar-refractivity contribution in [1.29, 1.82) is 0 Å². The number of hydrogen-bond donors (Lipinski definition) is 1. The lowest BCUT2D eigenvalue weighted by Crippen LogP contribution is -2.44. The van der Waals surface area contributed by atoms with Crippen molar-refractivity contribution in [2.45, 2.75) is 65.7 Å². The first-order chi connectivity index (χ1) is 7.41. The number of rotatable bonds is 2. The number of esters is 1. The highest BCUT2D eigenvalue weighted by Crippen LogP contribution is 2.09. The van der Waals surface area contributed by atoms with Gasteiger partial charge < -0.3 is 14.8 Å². The molecule has 0 aliphatic heterocycles. The minimum atomic E-state index is -0.732. The predicted octanol–water partition coefficient (Wildman–Crippen LogP) is 2.24. The number of nitrogens with one attached hydrogen (secondary N) is 1. The van der Waals surface area contributed by atoms with Crippen LogP contribution in [0.25, 0.3) is 0 Å². The van der Waals surface area contributed by atoms with Crippen LogP contribution in [-0.2, 0) is 14.3 Å². The molecule has 100 valence electrons. The van der Waals surface area contributed by atoms with Crippen molar-refractivity contribution >= 4 is 12.1 Å². The average molecular weight is 245 g/mol. The molecule has 0 aromatic rings. The van der Waals surface area contributed by atoms with Crippen molar-refractivity contribution in [2.24, 2.45) is 0 Å². The van der Waals surface area contributed by atoms with Gasteiger partial charge in [0.05, 0.1) is 0 Å². The fraction of sp³-hybridized carbons (Fsp3) is 0.833. The van der Waals surface area contributed by atoms with E-state index in [0.29, 0.717) is 0 Å². The minimum Gasteiger partial charge on any atom is -0.458 e. The standard InChI is InChI=1S/C12H23NO4/c1-8(9(14)16-11(2,3)4)13-10(15)17-12(5,6)7/h8H,1-7H3,(H,13,15). The molecule has 0 bridgehead atoms. The van der Waals surface area contributed by atoms with Crippen LogP contribution in [0.1, 0.15) is 48.5 Å². The smallest absolute Gasteiger partial charge is 0.408 e. The van der Waals surface area contributed by atoms with Crippen LogP contribution in [0.3, 0.4) is 0 Å². The molecular weight excluding hydrogens is 222 g/mol. The number of hydrogen-bond acceptors (Lipinski definition) is 4. The number of alkyl carbamates (subject to hydrolysis) is 1. The fourth-order valence-corrected chi connectivity index (χ4v) is 0.933. The van der Waals surface area contributed by atoms with E-state index < -0.39 is 29.3 Å². The Morgan fingerprint density at radius 3 is 1.71 bits per heavy atom. The molecule has 17 heavy (non-hydrogen) atoms. The van der Waals surface area contributed by atoms with Crippen LogP contribution in [-0.4, -0.2) is 29.3 Å². The molecule has 1 N–H and O–H groups in total. The quantitative estimate of drug-likeness (QED) is 0.758. The topological polar surface area (TPSA) is 64.6 Å². The lowest BCUT2D eigenvalue weighted by Gasteiger charge is -2.24. The van der Waals surface area contributed by atoms with Crippen LogP contribution >= 0.6 is 0 Å². The summed E-state index contributed by atoms with van der Waals surface area (Å²) >= 11 is 0. The third kappa shape index (κ3) is 8.54. The SMILES string of the molecule is CC(NC(=O)OC(C)(C)C)C(=O)OC(C)(C)C. The number of ether oxygens (including phenoxy) is 2. The Bertz CT molecular complexity index is 286. The second kappa shape index (κ2) is 5.38. The number of carbonyl (C=O) groups excluding carboxylic acids is 2. The Labute approximate surface area is 103 Å². The van der Waals surface area contributed by atoms with Crippen LogP contribution in [0.4, 0.5) is 4.79 Å². The van der Waals surface area contributed by atoms with E-state index in [4.69, 9.17) is 9.47 Å². The molecule has 0 aliphatic rings. The Morgan fingerprint density at radius 1 is 0.941 bits per heavy atom. The Morgan fingerprint density at radius 2 is 1.35 bits per heavy atom. The Balaban J connectivity index is 4.22. The normalized spacial score (nSPS) is 13.8. The lowest BCUT2D eigenvalue weighted by molar-refractivity contribution is -0.156. The van der Waals surface area contributed by atoms with Gasteiger partial charge in [0.25, 0.3) is 0 Å². The highest BCUT2D eigenvalue weighted by atomic mass is 16.6. The summed E-state index contributed by atoms with van der Waals surface area (Å²) in [5.74, 6) is -0.483. The third-order valence-electron chi connectivity index (χ3n) is 1.49. The highest BCUT2D eigenvalue weighted by Gasteiger charge is 2.25. The van der Waals surface area contributed by atoms with Gasteiger partial charge in [0.1, 0.15) is 17.2 Å². The van der Waals surface area contributed by atoms with E-state index in [0.717, 1.165) is 0 Å². The fourth-order valence-electron chi connectivity index (χ4n) is 0.933. The average Bonchev–Trinajstić information content (AvgIpc) is 1.95. The summed E-state index contributed by atoms with van der Waals surface area (Å²) in [6.07, 6.45) is -0.629. The summed E-state index contributed by atoms with van der Waals surface area (Å²) in [7, 11) is 0. The largest absolute Gasteiger partial charge is 0.458 e. The molecular formula is C12H23NO4. The second-order valence-electron chi connectivity index (χ2n) is 5.90. The molecule has 0 aromatic carbocycles. The summed E-state index contributed by atoms with van der Waals surface area (Å²) in [4.78, 5) is 23.0. The van der Waals surface area contributed by atoms with Crippen molar-refractivity contribution in [1.82, 2.24) is 5.32 Å². The maximum atomic E-state index is 11.6. The van der Waals surface area contributed by atoms with Gasteiger partial charge in [-0.05, 0) is 48.5 Å². The van der Waals surface area contributed by atoms with E-state index in [1.807, 2.05) is 0 Å². The minimum absolute atomic E-state index is 0.483. The third-order valence-corrected chi connectivity index (χ3v) is 1.49. The van der Waals surface area contributed by atoms with E-state index in [2.05, 4.69) is 5.32 Å². The first-order valence-electron chi connectivity index (χ1n) is 5.63. The molecule has 1 atom stereocenters. The summed E-state index contributed by atoms with van der Waals surface area (Å²) in [5.41, 5.74) is -1.15. The first kappa shape index (κ1) is 15.7. The van der Waals surface area contributed by atoms with Crippen molar-refractivity contribution in [2.75, 3.05) is 0 Å². The Hall–Kier alpha value is -1.26. The molecule has 1 unspecified atom stereocenters. The number of carbonyl (C=O) groups is 2. The zero-order valence-corrected chi connectivity index (χ0v) is 11.7. The summed E-state index contributed by atoms with van der Waals surface area (Å²) in [5, 5.41) is 2.42. The van der Waals surface area contributed by atoms with Crippen molar-refractivity contribution < 1.29 is 19.1 Å². The first-order valence-corrected chi connectivity index (χ1v) is 5.63. The molecule has 0 spiro atoms. The zero-order valence-electron chi connectivity index (χ0n) is 11.7. The van der Waals surface area contributed by atoms with Crippen LogP contribution in [0.15, 0.2) is 0 Å². The van der Waals surface area contributed by atoms with Crippen LogP contribution in [0.5, 0.6) is 0 Å². The van der Waals surface area contributed by atoms with Crippen molar-refractivity contribution in [3.05, 3.63) is 0 Å². The maximum absolute atomic E-state index is 11.6. The van der Waals surface area contributed by atoms with Crippen molar-refractivity contribution in [3.8, 4) is 0 Å². The van der Waals surface area contributed by atoms with Gasteiger partial charge in [-0.15, -0.1) is 0 Å². The molecule has 0 saturated carbocycles. The number of amides is 1. The maximum Gasteiger partial charge on any atom is 0.408 e. The molecule has 0 heterocycles. The second-order valence-corrected chi connectivity index (χ2v) is 5.90. The lowest BCUT2D eigenvalue weighted by atomic mass is 10.2. The van der Waals surface area contributed by atoms with E-state index in [1.165, 1.54) is 0 Å². The molecule has 0 radical (unpaired) electrons. The van der Waals surface area contributed by atoms with Gasteiger partial charge in [-0.1, -0.05) is 0 Å². The molecule has 0 fully saturated rings. The van der Waals surface area contributed by atoms with Gasteiger partial charge >= 0.3 is 12.1 Å². The van der Waals surface area contributed by atoms with Gasteiger partial charge in [0.2, 0.25) is 0 Å². The molecule has 5 heteroatoms. The zero-order chi connectivity index (χ0) is 13.9. The van der Waals surface area contributed by atoms with Gasteiger partial charge in [0, 0.05) is 0 Å². The predicted molar refractivity (Wildman–Crippen MR) is 64.7 cm³/mol. The van der Waals surface area contributed by atoms with Crippen LogP contribution in [0.2, 0.25) is 0 Å². The molecule has 0 saturated heterocycles. The molecule has 0 aromatic heterocycles. The van der Waals surface area contributed by atoms with Gasteiger partial charge in [-0.3, -0.25) is 0 Å². The molecule has 0 aliphatic carbocycles. The van der Waals surface area contributed by atoms with Gasteiger partial charge in [-0.2, -0.15) is 0 Å².